The van der Waals surface area contributed by atoms with Gasteiger partial charge in [0.1, 0.15) is 6.04 Å². The topological polar surface area (TPSA) is 52.6 Å². The fourth-order valence-electron chi connectivity index (χ4n) is 3.48. The van der Waals surface area contributed by atoms with Gasteiger partial charge in [0.25, 0.3) is 0 Å². The van der Waals surface area contributed by atoms with Gasteiger partial charge in [-0.2, -0.15) is 0 Å². The van der Waals surface area contributed by atoms with Gasteiger partial charge in [-0.1, -0.05) is 6.42 Å². The van der Waals surface area contributed by atoms with Crippen LogP contribution in [0.15, 0.2) is 0 Å². The number of fused-ring (bicyclic) bond motifs is 1. The predicted octanol–water partition coefficient (Wildman–Crippen LogP) is 0.923. The largest absolute Gasteiger partial charge is 0.480 e. The molecule has 0 bridgehead atoms. The van der Waals surface area contributed by atoms with Crippen LogP contribution in [0.4, 0.5) is 0 Å². The number of carbonyl (C=O) groups is 1. The van der Waals surface area contributed by atoms with E-state index in [0.29, 0.717) is 12.6 Å². The van der Waals surface area contributed by atoms with Gasteiger partial charge in [0, 0.05) is 25.7 Å². The third-order valence-electron chi connectivity index (χ3n) is 4.56. The average Bonchev–Trinajstić information content (AvgIpc) is 2.83. The van der Waals surface area contributed by atoms with Gasteiger partial charge in [-0.05, 0) is 37.5 Å². The van der Waals surface area contributed by atoms with Crippen LogP contribution in [-0.2, 0) is 4.79 Å². The number of carboxylic acid groups (broad SMARTS) is 1. The minimum absolute atomic E-state index is 0.360. The number of aliphatic carboxylic acids is 1. The highest BCUT2D eigenvalue weighted by molar-refractivity contribution is 5.73. The van der Waals surface area contributed by atoms with Crippen LogP contribution in [0.25, 0.3) is 0 Å². The van der Waals surface area contributed by atoms with E-state index in [1.54, 1.807) is 0 Å². The van der Waals surface area contributed by atoms with E-state index in [-0.39, 0.29) is 6.04 Å². The van der Waals surface area contributed by atoms with Crippen LogP contribution < -0.4 is 5.32 Å². The lowest BCUT2D eigenvalue weighted by atomic mass is 10.0. The van der Waals surface area contributed by atoms with Crippen LogP contribution in [-0.4, -0.2) is 47.7 Å². The number of likely N-dealkylation sites (tertiary alicyclic amines) is 1. The molecule has 3 atom stereocenters. The van der Waals surface area contributed by atoms with E-state index in [4.69, 9.17) is 0 Å². The molecule has 1 heterocycles. The van der Waals surface area contributed by atoms with Crippen LogP contribution in [0, 0.1) is 11.8 Å². The number of nitrogens with one attached hydrogen (secondary N) is 1. The predicted molar refractivity (Wildman–Crippen MR) is 64.9 cm³/mol. The summed E-state index contributed by atoms with van der Waals surface area (Å²) in [5.41, 5.74) is 0. The molecule has 17 heavy (non-hydrogen) atoms. The second-order valence-electron chi connectivity index (χ2n) is 6.00. The number of hydrogen-bond donors (Lipinski definition) is 2. The fourth-order valence-corrected chi connectivity index (χ4v) is 3.48. The molecule has 3 aliphatic rings. The standard InChI is InChI=1S/C13H22N2O2/c16-13(17)12(14-11-4-5-11)8-15-6-9-2-1-3-10(9)7-15/h9-12,14H,1-8H2,(H,16,17). The molecule has 4 heteroatoms. The molecule has 2 aliphatic carbocycles. The summed E-state index contributed by atoms with van der Waals surface area (Å²) in [6.45, 7) is 2.94. The maximum absolute atomic E-state index is 11.2. The fraction of sp³-hybridized carbons (Fsp3) is 0.923. The highest BCUT2D eigenvalue weighted by Gasteiger charge is 2.38. The average molecular weight is 238 g/mol. The Labute approximate surface area is 102 Å². The number of nitrogens with zero attached hydrogens (tertiary/aromatic N) is 1. The lowest BCUT2D eigenvalue weighted by Crippen LogP contribution is -2.46. The Balaban J connectivity index is 1.52. The van der Waals surface area contributed by atoms with Gasteiger partial charge >= 0.3 is 5.97 Å². The van der Waals surface area contributed by atoms with Crippen molar-refractivity contribution in [1.82, 2.24) is 10.2 Å². The molecule has 0 radical (unpaired) electrons. The highest BCUT2D eigenvalue weighted by atomic mass is 16.4. The molecule has 0 aromatic heterocycles. The van der Waals surface area contributed by atoms with E-state index in [1.165, 1.54) is 19.3 Å². The minimum atomic E-state index is -0.686. The van der Waals surface area contributed by atoms with Crippen LogP contribution in [0.2, 0.25) is 0 Å². The minimum Gasteiger partial charge on any atom is -0.480 e. The number of carboxylic acids is 1. The van der Waals surface area contributed by atoms with Gasteiger partial charge in [-0.15, -0.1) is 0 Å². The first-order chi connectivity index (χ1) is 8.22. The maximum Gasteiger partial charge on any atom is 0.322 e. The van der Waals surface area contributed by atoms with E-state index in [9.17, 15) is 9.90 Å². The molecule has 1 aliphatic heterocycles. The zero-order chi connectivity index (χ0) is 11.8. The molecule has 2 saturated carbocycles. The number of hydrogen-bond acceptors (Lipinski definition) is 3. The summed E-state index contributed by atoms with van der Waals surface area (Å²) in [6.07, 6.45) is 6.39. The van der Waals surface area contributed by atoms with Crippen molar-refractivity contribution < 1.29 is 9.90 Å². The Morgan fingerprint density at radius 1 is 1.24 bits per heavy atom. The smallest absolute Gasteiger partial charge is 0.322 e. The number of rotatable bonds is 5. The lowest BCUT2D eigenvalue weighted by molar-refractivity contribution is -0.140. The molecular formula is C13H22N2O2. The Bertz CT molecular complexity index is 292. The normalized spacial score (nSPS) is 34.8. The molecule has 0 aromatic rings. The van der Waals surface area contributed by atoms with Crippen LogP contribution in [0.1, 0.15) is 32.1 Å². The first-order valence-corrected chi connectivity index (χ1v) is 6.93. The van der Waals surface area contributed by atoms with Crippen molar-refractivity contribution in [2.24, 2.45) is 11.8 Å². The molecule has 3 unspecified atom stereocenters. The Morgan fingerprint density at radius 3 is 2.41 bits per heavy atom. The summed E-state index contributed by atoms with van der Waals surface area (Å²) >= 11 is 0. The van der Waals surface area contributed by atoms with Crippen molar-refractivity contribution in [1.29, 1.82) is 0 Å². The van der Waals surface area contributed by atoms with E-state index in [1.807, 2.05) is 0 Å². The molecular weight excluding hydrogens is 216 g/mol. The first kappa shape index (κ1) is 11.5. The third-order valence-corrected chi connectivity index (χ3v) is 4.56. The lowest BCUT2D eigenvalue weighted by Gasteiger charge is -2.22. The summed E-state index contributed by atoms with van der Waals surface area (Å²) in [6, 6.07) is 0.111. The monoisotopic (exact) mass is 238 g/mol. The Morgan fingerprint density at radius 2 is 1.88 bits per heavy atom. The highest BCUT2D eigenvalue weighted by Crippen LogP contribution is 2.37. The van der Waals surface area contributed by atoms with Crippen molar-refractivity contribution in [3.63, 3.8) is 0 Å². The Kier molecular flexibility index (Phi) is 3.09. The summed E-state index contributed by atoms with van der Waals surface area (Å²) in [7, 11) is 0. The second-order valence-corrected chi connectivity index (χ2v) is 6.00. The van der Waals surface area contributed by atoms with E-state index in [2.05, 4.69) is 10.2 Å². The van der Waals surface area contributed by atoms with Crippen molar-refractivity contribution in [2.45, 2.75) is 44.2 Å². The van der Waals surface area contributed by atoms with Gasteiger partial charge in [0.15, 0.2) is 0 Å². The van der Waals surface area contributed by atoms with Crippen LogP contribution in [0.5, 0.6) is 0 Å². The summed E-state index contributed by atoms with van der Waals surface area (Å²) in [4.78, 5) is 13.6. The van der Waals surface area contributed by atoms with Gasteiger partial charge < -0.3 is 15.3 Å². The van der Waals surface area contributed by atoms with Crippen molar-refractivity contribution in [2.75, 3.05) is 19.6 Å². The molecule has 0 amide bonds. The molecule has 1 saturated heterocycles. The molecule has 0 spiro atoms. The van der Waals surface area contributed by atoms with Crippen molar-refractivity contribution in [3.05, 3.63) is 0 Å². The van der Waals surface area contributed by atoms with E-state index in [0.717, 1.165) is 37.8 Å². The van der Waals surface area contributed by atoms with Gasteiger partial charge in [0.05, 0.1) is 0 Å². The summed E-state index contributed by atoms with van der Waals surface area (Å²) < 4.78 is 0. The quantitative estimate of drug-likeness (QED) is 0.748. The molecule has 96 valence electrons. The van der Waals surface area contributed by atoms with E-state index < -0.39 is 5.97 Å². The summed E-state index contributed by atoms with van der Waals surface area (Å²) in [5, 5.41) is 12.5. The van der Waals surface area contributed by atoms with E-state index >= 15 is 0 Å². The van der Waals surface area contributed by atoms with Crippen molar-refractivity contribution in [3.8, 4) is 0 Å². The van der Waals surface area contributed by atoms with Crippen molar-refractivity contribution >= 4 is 5.97 Å². The van der Waals surface area contributed by atoms with Gasteiger partial charge in [-0.3, -0.25) is 4.79 Å². The van der Waals surface area contributed by atoms with Gasteiger partial charge in [-0.25, -0.2) is 0 Å². The van der Waals surface area contributed by atoms with Crippen LogP contribution >= 0.6 is 0 Å². The summed E-state index contributed by atoms with van der Waals surface area (Å²) in [5.74, 6) is 1.02. The zero-order valence-electron chi connectivity index (χ0n) is 10.3. The second kappa shape index (κ2) is 4.58. The molecule has 0 aromatic carbocycles. The zero-order valence-corrected chi connectivity index (χ0v) is 10.3. The molecule has 2 N–H and O–H groups in total. The molecule has 3 fully saturated rings. The van der Waals surface area contributed by atoms with Gasteiger partial charge in [0.2, 0.25) is 0 Å². The SMILES string of the molecule is O=C(O)C(CN1CC2CCCC2C1)NC1CC1. The third kappa shape index (κ3) is 2.63. The first-order valence-electron chi connectivity index (χ1n) is 6.93. The maximum atomic E-state index is 11.2. The molecule has 4 nitrogen and oxygen atoms in total. The molecule has 3 rings (SSSR count). The Hall–Kier alpha value is -0.610. The van der Waals surface area contributed by atoms with Crippen LogP contribution in [0.3, 0.4) is 0 Å².